The van der Waals surface area contributed by atoms with Crippen LogP contribution >= 0.6 is 11.3 Å². The Labute approximate surface area is 208 Å². The standard InChI is InChI=1S/C27H29N3O4S/c1-30-24-10-12-35-26(24)13-25(30)27(32)29-23-4-2-3-19(15-31)22(23)17-34-21-7-5-20(6-8-21)33-16-18-9-11-28-14-18/h2-8,10,12-13,18,28,31H,9,11,14-17H2,1H3,(H,29,32)/t18-/m0/s1. The van der Waals surface area contributed by atoms with Gasteiger partial charge in [0.05, 0.1) is 23.4 Å². The van der Waals surface area contributed by atoms with Gasteiger partial charge in [-0.05, 0) is 66.4 Å². The normalized spacial score (nSPS) is 15.4. The molecule has 35 heavy (non-hydrogen) atoms. The van der Waals surface area contributed by atoms with Gasteiger partial charge in [-0.3, -0.25) is 4.79 Å². The fraction of sp³-hybridized carbons (Fsp3) is 0.296. The van der Waals surface area contributed by atoms with Crippen LogP contribution in [0.3, 0.4) is 0 Å². The molecular formula is C27H29N3O4S. The van der Waals surface area contributed by atoms with Crippen molar-refractivity contribution in [2.75, 3.05) is 25.0 Å². The number of aryl methyl sites for hydroxylation is 1. The van der Waals surface area contributed by atoms with E-state index in [1.807, 2.05) is 71.6 Å². The Morgan fingerprint density at radius 3 is 2.69 bits per heavy atom. The number of hydrogen-bond donors (Lipinski definition) is 3. The molecule has 1 atom stereocenters. The zero-order chi connectivity index (χ0) is 24.2. The van der Waals surface area contributed by atoms with Gasteiger partial charge < -0.3 is 29.8 Å². The van der Waals surface area contributed by atoms with Crippen LogP contribution in [0.25, 0.3) is 10.2 Å². The van der Waals surface area contributed by atoms with Gasteiger partial charge in [-0.15, -0.1) is 11.3 Å². The molecule has 0 bridgehead atoms. The van der Waals surface area contributed by atoms with Gasteiger partial charge in [-0.1, -0.05) is 12.1 Å². The van der Waals surface area contributed by atoms with Crippen molar-refractivity contribution in [1.29, 1.82) is 0 Å². The van der Waals surface area contributed by atoms with Crippen molar-refractivity contribution in [3.05, 3.63) is 76.8 Å². The van der Waals surface area contributed by atoms with E-state index in [4.69, 9.17) is 9.47 Å². The molecule has 8 heteroatoms. The van der Waals surface area contributed by atoms with E-state index in [0.717, 1.165) is 41.0 Å². The molecule has 182 valence electrons. The third-order valence-corrected chi connectivity index (χ3v) is 7.30. The van der Waals surface area contributed by atoms with Gasteiger partial charge in [0.25, 0.3) is 5.91 Å². The third kappa shape index (κ3) is 5.19. The predicted octanol–water partition coefficient (Wildman–Crippen LogP) is 4.55. The minimum atomic E-state index is -0.203. The zero-order valence-electron chi connectivity index (χ0n) is 19.6. The second kappa shape index (κ2) is 10.5. The largest absolute Gasteiger partial charge is 0.493 e. The summed E-state index contributed by atoms with van der Waals surface area (Å²) in [7, 11) is 1.89. The number of benzene rings is 2. The Morgan fingerprint density at radius 2 is 1.97 bits per heavy atom. The molecule has 0 unspecified atom stereocenters. The number of ether oxygens (including phenoxy) is 2. The summed E-state index contributed by atoms with van der Waals surface area (Å²) in [5.41, 5.74) is 3.68. The lowest BCUT2D eigenvalue weighted by atomic mass is 10.1. The van der Waals surface area contributed by atoms with Gasteiger partial charge >= 0.3 is 0 Å². The Bertz CT molecular complexity index is 1310. The van der Waals surface area contributed by atoms with Crippen molar-refractivity contribution in [3.8, 4) is 11.5 Å². The molecule has 5 rings (SSSR count). The maximum absolute atomic E-state index is 13.1. The van der Waals surface area contributed by atoms with Crippen molar-refractivity contribution in [3.63, 3.8) is 0 Å². The highest BCUT2D eigenvalue weighted by Crippen LogP contribution is 2.27. The van der Waals surface area contributed by atoms with Gasteiger partial charge in [0.2, 0.25) is 0 Å². The fourth-order valence-corrected chi connectivity index (χ4v) is 5.23. The van der Waals surface area contributed by atoms with Crippen LogP contribution in [0.1, 0.15) is 28.0 Å². The minimum Gasteiger partial charge on any atom is -0.493 e. The maximum Gasteiger partial charge on any atom is 0.272 e. The highest BCUT2D eigenvalue weighted by molar-refractivity contribution is 7.17. The number of aromatic nitrogens is 1. The van der Waals surface area contributed by atoms with E-state index in [9.17, 15) is 9.90 Å². The second-order valence-electron chi connectivity index (χ2n) is 8.74. The molecule has 1 fully saturated rings. The van der Waals surface area contributed by atoms with Crippen LogP contribution < -0.4 is 20.1 Å². The molecule has 2 aromatic heterocycles. The van der Waals surface area contributed by atoms with Crippen LogP contribution in [0.5, 0.6) is 11.5 Å². The average Bonchev–Trinajstić information content (AvgIpc) is 3.62. The Balaban J connectivity index is 1.26. The quantitative estimate of drug-likeness (QED) is 0.320. The summed E-state index contributed by atoms with van der Waals surface area (Å²) in [6.45, 7) is 2.84. The van der Waals surface area contributed by atoms with Crippen molar-refractivity contribution >= 4 is 33.1 Å². The first-order chi connectivity index (χ1) is 17.1. The van der Waals surface area contributed by atoms with E-state index in [2.05, 4.69) is 10.6 Å². The van der Waals surface area contributed by atoms with Gasteiger partial charge in [0, 0.05) is 30.8 Å². The van der Waals surface area contributed by atoms with E-state index in [0.29, 0.717) is 35.2 Å². The van der Waals surface area contributed by atoms with Crippen molar-refractivity contribution < 1.29 is 19.4 Å². The number of rotatable bonds is 9. The average molecular weight is 492 g/mol. The van der Waals surface area contributed by atoms with E-state index < -0.39 is 0 Å². The lowest BCUT2D eigenvalue weighted by Gasteiger charge is -2.16. The number of anilines is 1. The molecule has 1 aliphatic rings. The topological polar surface area (TPSA) is 84.8 Å². The molecule has 0 saturated carbocycles. The smallest absolute Gasteiger partial charge is 0.272 e. The summed E-state index contributed by atoms with van der Waals surface area (Å²) in [4.78, 5) is 13.1. The summed E-state index contributed by atoms with van der Waals surface area (Å²) in [5.74, 6) is 1.86. The first-order valence-electron chi connectivity index (χ1n) is 11.7. The van der Waals surface area contributed by atoms with E-state index in [1.54, 1.807) is 11.3 Å². The molecule has 4 aromatic rings. The Hall–Kier alpha value is -3.33. The molecule has 1 aliphatic heterocycles. The van der Waals surface area contributed by atoms with E-state index >= 15 is 0 Å². The number of fused-ring (bicyclic) bond motifs is 1. The molecule has 3 N–H and O–H groups in total. The summed E-state index contributed by atoms with van der Waals surface area (Å²) < 4.78 is 14.9. The summed E-state index contributed by atoms with van der Waals surface area (Å²) in [6.07, 6.45) is 1.15. The number of nitrogens with zero attached hydrogens (tertiary/aromatic N) is 1. The number of amides is 1. The summed E-state index contributed by atoms with van der Waals surface area (Å²) in [6, 6.07) is 16.9. The number of aliphatic hydroxyl groups is 1. The van der Waals surface area contributed by atoms with Crippen molar-refractivity contribution in [2.24, 2.45) is 13.0 Å². The Morgan fingerprint density at radius 1 is 1.17 bits per heavy atom. The fourth-order valence-electron chi connectivity index (χ4n) is 4.38. The molecule has 2 aromatic carbocycles. The van der Waals surface area contributed by atoms with Crippen LogP contribution in [0, 0.1) is 5.92 Å². The maximum atomic E-state index is 13.1. The molecule has 3 heterocycles. The monoisotopic (exact) mass is 491 g/mol. The van der Waals surface area contributed by atoms with Crippen molar-refractivity contribution in [1.82, 2.24) is 9.88 Å². The highest BCUT2D eigenvalue weighted by Gasteiger charge is 2.18. The molecule has 7 nitrogen and oxygen atoms in total. The number of aliphatic hydroxyl groups excluding tert-OH is 1. The molecular weight excluding hydrogens is 462 g/mol. The number of carbonyl (C=O) groups excluding carboxylic acids is 1. The van der Waals surface area contributed by atoms with E-state index in [1.165, 1.54) is 0 Å². The van der Waals surface area contributed by atoms with Gasteiger partial charge in [0.1, 0.15) is 23.8 Å². The van der Waals surface area contributed by atoms with E-state index in [-0.39, 0.29) is 19.1 Å². The minimum absolute atomic E-state index is 0.148. The molecule has 0 aliphatic carbocycles. The zero-order valence-corrected chi connectivity index (χ0v) is 20.4. The predicted molar refractivity (Wildman–Crippen MR) is 138 cm³/mol. The molecule has 1 saturated heterocycles. The highest BCUT2D eigenvalue weighted by atomic mass is 32.1. The Kier molecular flexibility index (Phi) is 7.03. The van der Waals surface area contributed by atoms with Crippen molar-refractivity contribution in [2.45, 2.75) is 19.6 Å². The number of hydrogen-bond acceptors (Lipinski definition) is 6. The number of carbonyl (C=O) groups is 1. The SMILES string of the molecule is Cn1c(C(=O)Nc2cccc(CO)c2COc2ccc(OC[C@H]3CCNC3)cc2)cc2sccc21. The first kappa shape index (κ1) is 23.4. The van der Waals surface area contributed by atoms with Gasteiger partial charge in [0.15, 0.2) is 0 Å². The van der Waals surface area contributed by atoms with Gasteiger partial charge in [-0.2, -0.15) is 0 Å². The number of thiophene rings is 1. The number of nitrogens with one attached hydrogen (secondary N) is 2. The lowest BCUT2D eigenvalue weighted by molar-refractivity contribution is 0.101. The molecule has 0 spiro atoms. The van der Waals surface area contributed by atoms with Crippen LogP contribution in [0.15, 0.2) is 60.0 Å². The summed E-state index contributed by atoms with van der Waals surface area (Å²) >= 11 is 1.61. The van der Waals surface area contributed by atoms with Crippen LogP contribution in [-0.2, 0) is 20.3 Å². The van der Waals surface area contributed by atoms with Crippen LogP contribution in [-0.4, -0.2) is 35.3 Å². The first-order valence-corrected chi connectivity index (χ1v) is 12.6. The third-order valence-electron chi connectivity index (χ3n) is 6.44. The van der Waals surface area contributed by atoms with Crippen LogP contribution in [0.4, 0.5) is 5.69 Å². The van der Waals surface area contributed by atoms with Crippen LogP contribution in [0.2, 0.25) is 0 Å². The summed E-state index contributed by atoms with van der Waals surface area (Å²) in [5, 5.41) is 18.3. The lowest BCUT2D eigenvalue weighted by Crippen LogP contribution is -2.17. The van der Waals surface area contributed by atoms with Gasteiger partial charge in [-0.25, -0.2) is 0 Å². The molecule has 0 radical (unpaired) electrons. The second-order valence-corrected chi connectivity index (χ2v) is 9.69. The molecule has 1 amide bonds.